The molecule has 1 unspecified atom stereocenters. The van der Waals surface area contributed by atoms with Gasteiger partial charge in [-0.25, -0.2) is 4.98 Å². The van der Waals surface area contributed by atoms with Crippen LogP contribution in [0.3, 0.4) is 0 Å². The fourth-order valence-corrected chi connectivity index (χ4v) is 4.52. The number of rotatable bonds is 8. The van der Waals surface area contributed by atoms with Crippen LogP contribution in [0.25, 0.3) is 0 Å². The lowest BCUT2D eigenvalue weighted by Crippen LogP contribution is -2.45. The van der Waals surface area contributed by atoms with Crippen molar-refractivity contribution < 1.29 is 4.79 Å². The second-order valence-electron chi connectivity index (χ2n) is 8.20. The molecule has 7 nitrogen and oxygen atoms in total. The van der Waals surface area contributed by atoms with Crippen LogP contribution in [0.5, 0.6) is 0 Å². The molecule has 1 aliphatic carbocycles. The second kappa shape index (κ2) is 12.0. The Labute approximate surface area is 185 Å². The van der Waals surface area contributed by atoms with Crippen molar-refractivity contribution in [1.82, 2.24) is 20.9 Å². The van der Waals surface area contributed by atoms with Crippen LogP contribution in [0, 0.1) is 5.92 Å². The van der Waals surface area contributed by atoms with Gasteiger partial charge in [-0.1, -0.05) is 30.9 Å². The summed E-state index contributed by atoms with van der Waals surface area (Å²) in [6.07, 6.45) is 9.68. The number of halogens is 1. The number of aliphatic imine (C=N–C) groups is 1. The number of nitrogens with zero attached hydrogens (tertiary/aromatic N) is 3. The van der Waals surface area contributed by atoms with Gasteiger partial charge < -0.3 is 20.9 Å². The average Bonchev–Trinajstić information content (AvgIpc) is 3.20. The van der Waals surface area contributed by atoms with E-state index >= 15 is 0 Å². The lowest BCUT2D eigenvalue weighted by Gasteiger charge is -2.21. The first-order chi connectivity index (χ1) is 14.7. The molecule has 2 heterocycles. The van der Waals surface area contributed by atoms with Crippen molar-refractivity contribution in [3.8, 4) is 0 Å². The van der Waals surface area contributed by atoms with Gasteiger partial charge in [0.2, 0.25) is 5.91 Å². The van der Waals surface area contributed by atoms with Crippen LogP contribution >= 0.6 is 11.6 Å². The van der Waals surface area contributed by atoms with E-state index < -0.39 is 0 Å². The molecule has 3 rings (SSSR count). The Balaban J connectivity index is 1.41. The van der Waals surface area contributed by atoms with E-state index in [1.807, 2.05) is 12.1 Å². The summed E-state index contributed by atoms with van der Waals surface area (Å²) in [6, 6.07) is 4.00. The van der Waals surface area contributed by atoms with Crippen molar-refractivity contribution in [3.63, 3.8) is 0 Å². The maximum Gasteiger partial charge on any atom is 0.220 e. The van der Waals surface area contributed by atoms with E-state index in [1.54, 1.807) is 6.20 Å². The third-order valence-electron chi connectivity index (χ3n) is 5.81. The van der Waals surface area contributed by atoms with Crippen LogP contribution in [-0.2, 0) is 4.79 Å². The summed E-state index contributed by atoms with van der Waals surface area (Å²) in [4.78, 5) is 23.4. The Bertz CT molecular complexity index is 707. The molecule has 1 amide bonds. The molecule has 1 aromatic heterocycles. The highest BCUT2D eigenvalue weighted by Gasteiger charge is 2.25. The van der Waals surface area contributed by atoms with E-state index in [0.717, 1.165) is 37.8 Å². The topological polar surface area (TPSA) is 81.6 Å². The predicted molar refractivity (Wildman–Crippen MR) is 123 cm³/mol. The minimum absolute atomic E-state index is 0.161. The van der Waals surface area contributed by atoms with Crippen molar-refractivity contribution in [2.24, 2.45) is 10.9 Å². The van der Waals surface area contributed by atoms with Gasteiger partial charge in [0.05, 0.1) is 11.6 Å². The number of nitrogens with one attached hydrogen (secondary N) is 3. The normalized spacial score (nSPS) is 20.3. The summed E-state index contributed by atoms with van der Waals surface area (Å²) in [5.41, 5.74) is 0. The van der Waals surface area contributed by atoms with Crippen molar-refractivity contribution in [1.29, 1.82) is 0 Å². The number of pyridine rings is 1. The monoisotopic (exact) mass is 434 g/mol. The minimum Gasteiger partial charge on any atom is -0.357 e. The number of anilines is 1. The van der Waals surface area contributed by atoms with Crippen molar-refractivity contribution in [2.75, 3.05) is 37.6 Å². The lowest BCUT2D eigenvalue weighted by molar-refractivity contribution is -0.122. The zero-order valence-electron chi connectivity index (χ0n) is 18.0. The molecular weight excluding hydrogens is 400 g/mol. The van der Waals surface area contributed by atoms with E-state index in [1.165, 1.54) is 32.1 Å². The summed E-state index contributed by atoms with van der Waals surface area (Å²) in [6.45, 7) is 5.72. The molecule has 0 aromatic carbocycles. The van der Waals surface area contributed by atoms with Crippen LogP contribution in [0.4, 0.5) is 5.82 Å². The number of hydrogen-bond acceptors (Lipinski definition) is 4. The first-order valence-electron chi connectivity index (χ1n) is 11.3. The average molecular weight is 435 g/mol. The SMILES string of the molecule is CCNC(=NCCNC(=O)CC1CCCCC1)NC1CCN(c2ncccc2Cl)C1. The van der Waals surface area contributed by atoms with E-state index in [0.29, 0.717) is 30.5 Å². The molecule has 1 atom stereocenters. The molecule has 1 saturated heterocycles. The van der Waals surface area contributed by atoms with Crippen LogP contribution in [0.1, 0.15) is 51.9 Å². The Morgan fingerprint density at radius 3 is 2.87 bits per heavy atom. The van der Waals surface area contributed by atoms with Gasteiger partial charge in [0, 0.05) is 44.8 Å². The lowest BCUT2D eigenvalue weighted by atomic mass is 9.87. The molecule has 8 heteroatoms. The molecule has 2 fully saturated rings. The highest BCUT2D eigenvalue weighted by Crippen LogP contribution is 2.26. The number of aromatic nitrogens is 1. The Morgan fingerprint density at radius 2 is 2.10 bits per heavy atom. The standard InChI is InChI=1S/C22H35ClN6O/c1-2-24-22(27-13-12-25-20(30)15-17-7-4-3-5-8-17)28-18-10-14-29(16-18)21-19(23)9-6-11-26-21/h6,9,11,17-18H,2-5,7-8,10,12-16H2,1H3,(H,25,30)(H2,24,27,28). The third-order valence-corrected chi connectivity index (χ3v) is 6.11. The summed E-state index contributed by atoms with van der Waals surface area (Å²) >= 11 is 6.28. The van der Waals surface area contributed by atoms with Crippen LogP contribution in [-0.4, -0.2) is 55.6 Å². The van der Waals surface area contributed by atoms with Crippen molar-refractivity contribution in [3.05, 3.63) is 23.4 Å². The number of amides is 1. The van der Waals surface area contributed by atoms with E-state index in [2.05, 4.69) is 37.8 Å². The molecule has 1 aliphatic heterocycles. The van der Waals surface area contributed by atoms with Crippen molar-refractivity contribution in [2.45, 2.75) is 57.9 Å². The highest BCUT2D eigenvalue weighted by molar-refractivity contribution is 6.32. The fraction of sp³-hybridized carbons (Fsp3) is 0.682. The van der Waals surface area contributed by atoms with Gasteiger partial charge in [0.15, 0.2) is 5.96 Å². The maximum atomic E-state index is 12.1. The van der Waals surface area contributed by atoms with E-state index in [9.17, 15) is 4.79 Å². The number of carbonyl (C=O) groups is 1. The largest absolute Gasteiger partial charge is 0.357 e. The van der Waals surface area contributed by atoms with E-state index in [4.69, 9.17) is 11.6 Å². The first kappa shape index (κ1) is 22.7. The van der Waals surface area contributed by atoms with Crippen LogP contribution in [0.15, 0.2) is 23.3 Å². The zero-order valence-corrected chi connectivity index (χ0v) is 18.8. The Kier molecular flexibility index (Phi) is 9.05. The molecule has 30 heavy (non-hydrogen) atoms. The van der Waals surface area contributed by atoms with Gasteiger partial charge in [0.1, 0.15) is 5.82 Å². The molecule has 1 aromatic rings. The first-order valence-corrected chi connectivity index (χ1v) is 11.7. The molecule has 0 spiro atoms. The number of guanidine groups is 1. The predicted octanol–water partition coefficient (Wildman–Crippen LogP) is 2.96. The number of hydrogen-bond donors (Lipinski definition) is 3. The summed E-state index contributed by atoms with van der Waals surface area (Å²) in [7, 11) is 0. The van der Waals surface area contributed by atoms with Crippen molar-refractivity contribution >= 4 is 29.3 Å². The molecule has 0 bridgehead atoms. The zero-order chi connectivity index (χ0) is 21.2. The molecule has 2 aliphatic rings. The van der Waals surface area contributed by atoms with Gasteiger partial charge in [-0.05, 0) is 44.2 Å². The molecular formula is C22H35ClN6O. The number of carbonyl (C=O) groups excluding carboxylic acids is 1. The molecule has 1 saturated carbocycles. The fourth-order valence-electron chi connectivity index (χ4n) is 4.28. The quantitative estimate of drug-likeness (QED) is 0.333. The molecule has 0 radical (unpaired) electrons. The van der Waals surface area contributed by atoms with E-state index in [-0.39, 0.29) is 11.9 Å². The second-order valence-corrected chi connectivity index (χ2v) is 8.61. The smallest absolute Gasteiger partial charge is 0.220 e. The van der Waals surface area contributed by atoms with Gasteiger partial charge in [0.25, 0.3) is 0 Å². The summed E-state index contributed by atoms with van der Waals surface area (Å²) in [5.74, 6) is 2.36. The Hall–Kier alpha value is -2.02. The van der Waals surface area contributed by atoms with Gasteiger partial charge in [-0.2, -0.15) is 0 Å². The maximum absolute atomic E-state index is 12.1. The van der Waals surface area contributed by atoms with Crippen LogP contribution < -0.4 is 20.9 Å². The summed E-state index contributed by atoms with van der Waals surface area (Å²) < 4.78 is 0. The molecule has 166 valence electrons. The van der Waals surface area contributed by atoms with Gasteiger partial charge in [-0.3, -0.25) is 9.79 Å². The van der Waals surface area contributed by atoms with Gasteiger partial charge in [-0.15, -0.1) is 0 Å². The highest BCUT2D eigenvalue weighted by atomic mass is 35.5. The van der Waals surface area contributed by atoms with Gasteiger partial charge >= 0.3 is 0 Å². The van der Waals surface area contributed by atoms with Crippen LogP contribution in [0.2, 0.25) is 5.02 Å². The molecule has 3 N–H and O–H groups in total. The summed E-state index contributed by atoms with van der Waals surface area (Å²) in [5, 5.41) is 10.5. The minimum atomic E-state index is 0.161. The third kappa shape index (κ3) is 7.04. The Morgan fingerprint density at radius 1 is 1.27 bits per heavy atom.